The maximum absolute atomic E-state index is 13.3. The van der Waals surface area contributed by atoms with Crippen molar-refractivity contribution in [2.24, 2.45) is 0 Å². The van der Waals surface area contributed by atoms with Gasteiger partial charge in [-0.05, 0) is 79.6 Å². The number of imidazole rings is 1. The maximum atomic E-state index is 13.3. The third kappa shape index (κ3) is 5.24. The van der Waals surface area contributed by atoms with Crippen LogP contribution in [-0.4, -0.2) is 39.9 Å². The molecule has 1 amide bonds. The monoisotopic (exact) mass is 467 g/mol. The lowest BCUT2D eigenvalue weighted by Gasteiger charge is -2.23. The first-order valence-corrected chi connectivity index (χ1v) is 12.6. The highest BCUT2D eigenvalue weighted by atomic mass is 16.5. The van der Waals surface area contributed by atoms with Gasteiger partial charge in [0.25, 0.3) is 5.91 Å². The second-order valence-electron chi connectivity index (χ2n) is 9.56. The fourth-order valence-electron chi connectivity index (χ4n) is 4.99. The molecule has 0 atom stereocenters. The van der Waals surface area contributed by atoms with Crippen LogP contribution in [0.3, 0.4) is 0 Å². The number of carbonyl (C=O) groups excluding carboxylic acids is 1. The summed E-state index contributed by atoms with van der Waals surface area (Å²) in [5.74, 6) is 0.942. The summed E-state index contributed by atoms with van der Waals surface area (Å²) in [4.78, 5) is 19.8. The molecule has 0 saturated heterocycles. The predicted molar refractivity (Wildman–Crippen MR) is 140 cm³/mol. The Kier molecular flexibility index (Phi) is 6.84. The van der Waals surface area contributed by atoms with Crippen LogP contribution < -0.4 is 4.74 Å². The minimum atomic E-state index is 0.0303. The van der Waals surface area contributed by atoms with Gasteiger partial charge in [-0.1, -0.05) is 36.8 Å². The lowest BCUT2D eigenvalue weighted by Crippen LogP contribution is -2.29. The van der Waals surface area contributed by atoms with Gasteiger partial charge in [-0.2, -0.15) is 0 Å². The van der Waals surface area contributed by atoms with E-state index in [1.807, 2.05) is 73.2 Å². The van der Waals surface area contributed by atoms with Crippen molar-refractivity contribution in [1.29, 1.82) is 0 Å². The average Bonchev–Trinajstić information content (AvgIpc) is 3.31. The summed E-state index contributed by atoms with van der Waals surface area (Å²) in [6.07, 6.45) is 11.1. The molecule has 1 saturated carbocycles. The molecule has 1 aliphatic rings. The lowest BCUT2D eigenvalue weighted by molar-refractivity contribution is 0.0795. The van der Waals surface area contributed by atoms with Gasteiger partial charge in [0, 0.05) is 38.0 Å². The van der Waals surface area contributed by atoms with Crippen molar-refractivity contribution in [2.45, 2.75) is 51.6 Å². The first-order chi connectivity index (χ1) is 17.1. The first kappa shape index (κ1) is 23.2. The molecule has 0 N–H and O–H groups in total. The van der Waals surface area contributed by atoms with Gasteiger partial charge >= 0.3 is 0 Å². The summed E-state index contributed by atoms with van der Waals surface area (Å²) in [7, 11) is 1.86. The van der Waals surface area contributed by atoms with E-state index in [0.29, 0.717) is 19.1 Å². The number of benzene rings is 2. The van der Waals surface area contributed by atoms with Crippen LogP contribution in [0.2, 0.25) is 0 Å². The molecule has 0 aliphatic heterocycles. The Balaban J connectivity index is 1.29. The second kappa shape index (κ2) is 10.3. The Bertz CT molecular complexity index is 1290. The van der Waals surface area contributed by atoms with Crippen LogP contribution in [0.25, 0.3) is 16.8 Å². The molecule has 1 fully saturated rings. The van der Waals surface area contributed by atoms with Crippen molar-refractivity contribution in [3.8, 4) is 16.9 Å². The standard InChI is InChI=1S/C30H33N3O2/c1-22-27(23-10-8-13-26(20-23)35-25-11-4-3-5-12-25)14-9-15-28(22)30(34)32(2)19-17-24-21-33-18-7-6-16-29(33)31-24/h6-10,13-16,18,20-21,25H,3-5,11-12,17,19H2,1-2H3. The molecule has 2 aromatic heterocycles. The lowest BCUT2D eigenvalue weighted by atomic mass is 9.95. The number of ether oxygens (including phenoxy) is 1. The van der Waals surface area contributed by atoms with Crippen LogP contribution in [0.5, 0.6) is 5.75 Å². The van der Waals surface area contributed by atoms with Gasteiger partial charge in [0.1, 0.15) is 11.4 Å². The first-order valence-electron chi connectivity index (χ1n) is 12.6. The number of hydrogen-bond donors (Lipinski definition) is 0. The fourth-order valence-corrected chi connectivity index (χ4v) is 4.99. The number of nitrogens with zero attached hydrogens (tertiary/aromatic N) is 3. The van der Waals surface area contributed by atoms with Crippen LogP contribution in [0, 0.1) is 6.92 Å². The Hall–Kier alpha value is -3.60. The molecular weight excluding hydrogens is 434 g/mol. The Morgan fingerprint density at radius 1 is 1.06 bits per heavy atom. The van der Waals surface area contributed by atoms with Crippen LogP contribution in [-0.2, 0) is 6.42 Å². The topological polar surface area (TPSA) is 46.8 Å². The molecule has 5 heteroatoms. The molecule has 2 heterocycles. The van der Waals surface area contributed by atoms with E-state index in [2.05, 4.69) is 23.2 Å². The van der Waals surface area contributed by atoms with Crippen LogP contribution in [0.4, 0.5) is 0 Å². The highest BCUT2D eigenvalue weighted by molar-refractivity contribution is 5.97. The van der Waals surface area contributed by atoms with Gasteiger partial charge in [0.15, 0.2) is 0 Å². The summed E-state index contributed by atoms with van der Waals surface area (Å²) < 4.78 is 8.30. The SMILES string of the molecule is Cc1c(C(=O)N(C)CCc2cn3ccccc3n2)cccc1-c1cccc(OC2CCCCC2)c1. The highest BCUT2D eigenvalue weighted by Gasteiger charge is 2.18. The van der Waals surface area contributed by atoms with Gasteiger partial charge in [-0.15, -0.1) is 0 Å². The number of aromatic nitrogens is 2. The zero-order valence-corrected chi connectivity index (χ0v) is 20.6. The minimum Gasteiger partial charge on any atom is -0.490 e. The molecule has 0 unspecified atom stereocenters. The average molecular weight is 468 g/mol. The van der Waals surface area contributed by atoms with E-state index in [1.165, 1.54) is 19.3 Å². The van der Waals surface area contributed by atoms with Crippen molar-refractivity contribution in [2.75, 3.05) is 13.6 Å². The fraction of sp³-hybridized carbons (Fsp3) is 0.333. The summed E-state index contributed by atoms with van der Waals surface area (Å²) >= 11 is 0. The molecule has 5 rings (SSSR count). The van der Waals surface area contributed by atoms with E-state index in [-0.39, 0.29) is 5.91 Å². The highest BCUT2D eigenvalue weighted by Crippen LogP contribution is 2.31. The van der Waals surface area contributed by atoms with E-state index >= 15 is 0 Å². The zero-order chi connectivity index (χ0) is 24.2. The Labute approximate surface area is 207 Å². The molecule has 0 spiro atoms. The van der Waals surface area contributed by atoms with Crippen LogP contribution >= 0.6 is 0 Å². The molecule has 35 heavy (non-hydrogen) atoms. The van der Waals surface area contributed by atoms with Gasteiger partial charge < -0.3 is 14.0 Å². The summed E-state index contributed by atoms with van der Waals surface area (Å²) in [6, 6.07) is 20.2. The normalized spacial score (nSPS) is 14.2. The van der Waals surface area contributed by atoms with E-state index in [0.717, 1.165) is 52.2 Å². The number of likely N-dealkylation sites (N-methyl/N-ethyl adjacent to an activating group) is 1. The van der Waals surface area contributed by atoms with Crippen LogP contribution in [0.15, 0.2) is 73.1 Å². The third-order valence-electron chi connectivity index (χ3n) is 7.03. The van der Waals surface area contributed by atoms with E-state index in [4.69, 9.17) is 4.74 Å². The number of rotatable bonds is 7. The van der Waals surface area contributed by atoms with Gasteiger partial charge in [0.05, 0.1) is 11.8 Å². The number of carbonyl (C=O) groups is 1. The Morgan fingerprint density at radius 3 is 2.71 bits per heavy atom. The number of fused-ring (bicyclic) bond motifs is 1. The smallest absolute Gasteiger partial charge is 0.253 e. The number of hydrogen-bond acceptors (Lipinski definition) is 3. The summed E-state index contributed by atoms with van der Waals surface area (Å²) in [5, 5.41) is 0. The molecule has 5 nitrogen and oxygen atoms in total. The summed E-state index contributed by atoms with van der Waals surface area (Å²) in [6.45, 7) is 2.64. The molecule has 4 aromatic rings. The molecule has 1 aliphatic carbocycles. The molecule has 2 aromatic carbocycles. The molecule has 0 radical (unpaired) electrons. The van der Waals surface area contributed by atoms with Gasteiger partial charge in [0.2, 0.25) is 0 Å². The molecule has 0 bridgehead atoms. The predicted octanol–water partition coefficient (Wildman–Crippen LogP) is 6.34. The quantitative estimate of drug-likeness (QED) is 0.319. The minimum absolute atomic E-state index is 0.0303. The van der Waals surface area contributed by atoms with E-state index < -0.39 is 0 Å². The van der Waals surface area contributed by atoms with Crippen molar-refractivity contribution in [1.82, 2.24) is 14.3 Å². The second-order valence-corrected chi connectivity index (χ2v) is 9.56. The Morgan fingerprint density at radius 2 is 1.89 bits per heavy atom. The summed E-state index contributed by atoms with van der Waals surface area (Å²) in [5.41, 5.74) is 5.79. The van der Waals surface area contributed by atoms with Crippen LogP contribution in [0.1, 0.15) is 53.7 Å². The molecule has 180 valence electrons. The number of amides is 1. The maximum Gasteiger partial charge on any atom is 0.253 e. The molecular formula is C30H33N3O2. The van der Waals surface area contributed by atoms with E-state index in [1.54, 1.807) is 4.90 Å². The third-order valence-corrected chi connectivity index (χ3v) is 7.03. The van der Waals surface area contributed by atoms with Crippen molar-refractivity contribution in [3.63, 3.8) is 0 Å². The van der Waals surface area contributed by atoms with Gasteiger partial charge in [-0.3, -0.25) is 4.79 Å². The van der Waals surface area contributed by atoms with Crippen molar-refractivity contribution >= 4 is 11.6 Å². The van der Waals surface area contributed by atoms with E-state index in [9.17, 15) is 4.79 Å². The van der Waals surface area contributed by atoms with Gasteiger partial charge in [-0.25, -0.2) is 4.98 Å². The zero-order valence-electron chi connectivity index (χ0n) is 20.6. The van der Waals surface area contributed by atoms with Crippen molar-refractivity contribution in [3.05, 3.63) is 89.9 Å². The van der Waals surface area contributed by atoms with Crippen molar-refractivity contribution < 1.29 is 9.53 Å². The largest absolute Gasteiger partial charge is 0.490 e. The number of pyridine rings is 1.